The Bertz CT molecular complexity index is 1330. The van der Waals surface area contributed by atoms with Gasteiger partial charge in [-0.3, -0.25) is 0 Å². The molecular weight excluding hydrogens is 418 g/mol. The zero-order chi connectivity index (χ0) is 23.9. The van der Waals surface area contributed by atoms with E-state index in [2.05, 4.69) is 54.7 Å². The average molecular weight is 444 g/mol. The Morgan fingerprint density at radius 3 is 1.88 bits per heavy atom. The Hall–Kier alpha value is -4.32. The minimum atomic E-state index is 0.438. The number of allylic oxidation sites excluding steroid dienone is 1. The molecule has 0 aliphatic carbocycles. The van der Waals surface area contributed by atoms with Gasteiger partial charge in [-0.15, -0.1) is 0 Å². The predicted molar refractivity (Wildman–Crippen MR) is 137 cm³/mol. The third-order valence-electron chi connectivity index (χ3n) is 5.62. The Morgan fingerprint density at radius 1 is 0.853 bits per heavy atom. The molecule has 1 unspecified atom stereocenters. The van der Waals surface area contributed by atoms with E-state index in [0.29, 0.717) is 23.0 Å². The summed E-state index contributed by atoms with van der Waals surface area (Å²) in [7, 11) is 0. The lowest BCUT2D eigenvalue weighted by Gasteiger charge is -2.09. The highest BCUT2D eigenvalue weighted by Gasteiger charge is 2.22. The van der Waals surface area contributed by atoms with Gasteiger partial charge in [-0.1, -0.05) is 61.5 Å². The van der Waals surface area contributed by atoms with Crippen molar-refractivity contribution in [1.29, 1.82) is 10.5 Å². The minimum absolute atomic E-state index is 0.438. The van der Waals surface area contributed by atoms with Gasteiger partial charge in [-0.05, 0) is 54.3 Å². The number of hydrogen-bond acceptors (Lipinski definition) is 4. The van der Waals surface area contributed by atoms with Crippen LogP contribution in [0.5, 0.6) is 0 Å². The zero-order valence-corrected chi connectivity index (χ0v) is 19.3. The molecule has 34 heavy (non-hydrogen) atoms. The van der Waals surface area contributed by atoms with Crippen molar-refractivity contribution in [2.24, 2.45) is 9.98 Å². The zero-order valence-electron chi connectivity index (χ0n) is 19.3. The molecule has 1 atom stereocenters. The number of nitriles is 2. The molecule has 0 aromatic heterocycles. The fraction of sp³-hybridized carbons (Fsp3) is 0.172. The molecule has 4 rings (SSSR count). The lowest BCUT2D eigenvalue weighted by Crippen LogP contribution is -2.05. The van der Waals surface area contributed by atoms with Crippen LogP contribution in [0.3, 0.4) is 0 Å². The van der Waals surface area contributed by atoms with E-state index >= 15 is 0 Å². The molecule has 5 nitrogen and oxygen atoms in total. The average Bonchev–Trinajstić information content (AvgIpc) is 3.74. The molecule has 1 fully saturated rings. The van der Waals surface area contributed by atoms with Crippen LogP contribution < -0.4 is 5.32 Å². The SMILES string of the molecule is CC/C=C(/N=C(\N=C(/C)c1ccc(C#N)cc1)c1ccc(C2CN2)cc1)c1ccc(C#N)cc1. The van der Waals surface area contributed by atoms with Gasteiger partial charge in [0.05, 0.1) is 29.0 Å². The molecule has 3 aromatic carbocycles. The van der Waals surface area contributed by atoms with Crippen LogP contribution in [0.1, 0.15) is 59.7 Å². The summed E-state index contributed by atoms with van der Waals surface area (Å²) in [5.74, 6) is 0.612. The Kier molecular flexibility index (Phi) is 7.08. The second-order valence-corrected chi connectivity index (χ2v) is 8.09. The van der Waals surface area contributed by atoms with E-state index in [1.54, 1.807) is 24.3 Å². The van der Waals surface area contributed by atoms with Gasteiger partial charge in [0, 0.05) is 23.9 Å². The first-order chi connectivity index (χ1) is 16.6. The summed E-state index contributed by atoms with van der Waals surface area (Å²) in [5.41, 5.74) is 6.90. The van der Waals surface area contributed by atoms with Gasteiger partial charge < -0.3 is 5.32 Å². The summed E-state index contributed by atoms with van der Waals surface area (Å²) >= 11 is 0. The molecule has 5 heteroatoms. The number of nitrogens with zero attached hydrogens (tertiary/aromatic N) is 4. The van der Waals surface area contributed by atoms with E-state index < -0.39 is 0 Å². The number of amidine groups is 1. The number of aliphatic imine (C=N–C) groups is 2. The van der Waals surface area contributed by atoms with Gasteiger partial charge in [0.25, 0.3) is 0 Å². The number of nitrogens with one attached hydrogen (secondary N) is 1. The second kappa shape index (κ2) is 10.5. The molecule has 1 aliphatic rings. The summed E-state index contributed by atoms with van der Waals surface area (Å²) < 4.78 is 0. The van der Waals surface area contributed by atoms with Gasteiger partial charge in [-0.2, -0.15) is 10.5 Å². The van der Waals surface area contributed by atoms with Crippen LogP contribution in [0.15, 0.2) is 88.9 Å². The summed E-state index contributed by atoms with van der Waals surface area (Å²) in [6, 6.07) is 27.9. The number of benzene rings is 3. The maximum atomic E-state index is 9.14. The summed E-state index contributed by atoms with van der Waals surface area (Å²) in [4.78, 5) is 9.91. The quantitative estimate of drug-likeness (QED) is 0.297. The number of rotatable bonds is 6. The van der Waals surface area contributed by atoms with Crippen molar-refractivity contribution in [3.63, 3.8) is 0 Å². The van der Waals surface area contributed by atoms with Crippen molar-refractivity contribution < 1.29 is 0 Å². The van der Waals surface area contributed by atoms with Crippen LogP contribution in [0.2, 0.25) is 0 Å². The molecular formula is C29H25N5. The first kappa shape index (κ1) is 22.9. The molecule has 1 saturated heterocycles. The first-order valence-electron chi connectivity index (χ1n) is 11.3. The standard InChI is InChI=1S/C29H25N5/c1-3-4-27(24-11-7-22(18-31)8-12-24)34-29(26-15-13-25(14-16-26)28-19-32-28)33-20(2)23-9-5-21(17-30)6-10-23/h4-16,28,32H,3,19H2,1-2H3/b27-4+,33-20+,34-29-. The van der Waals surface area contributed by atoms with E-state index in [4.69, 9.17) is 20.5 Å². The molecule has 1 aliphatic heterocycles. The smallest absolute Gasteiger partial charge is 0.160 e. The van der Waals surface area contributed by atoms with Crippen molar-refractivity contribution in [3.8, 4) is 12.1 Å². The third-order valence-corrected chi connectivity index (χ3v) is 5.62. The minimum Gasteiger partial charge on any atom is -0.307 e. The van der Waals surface area contributed by atoms with Crippen LogP contribution in [0.25, 0.3) is 5.70 Å². The van der Waals surface area contributed by atoms with Gasteiger partial charge in [0.15, 0.2) is 5.84 Å². The monoisotopic (exact) mass is 443 g/mol. The Balaban J connectivity index is 1.77. The highest BCUT2D eigenvalue weighted by molar-refractivity contribution is 6.12. The fourth-order valence-corrected chi connectivity index (χ4v) is 3.57. The van der Waals surface area contributed by atoms with Crippen LogP contribution in [0.4, 0.5) is 0 Å². The molecule has 0 radical (unpaired) electrons. The molecule has 166 valence electrons. The maximum Gasteiger partial charge on any atom is 0.160 e. The Labute approximate surface area is 200 Å². The fourth-order valence-electron chi connectivity index (χ4n) is 3.57. The summed E-state index contributed by atoms with van der Waals surface area (Å²) in [6.07, 6.45) is 2.88. The van der Waals surface area contributed by atoms with Crippen LogP contribution >= 0.6 is 0 Å². The molecule has 0 saturated carbocycles. The molecule has 0 amide bonds. The second-order valence-electron chi connectivity index (χ2n) is 8.09. The van der Waals surface area contributed by atoms with E-state index in [1.165, 1.54) is 5.56 Å². The van der Waals surface area contributed by atoms with Crippen molar-refractivity contribution >= 4 is 17.2 Å². The van der Waals surface area contributed by atoms with E-state index in [9.17, 15) is 0 Å². The lowest BCUT2D eigenvalue weighted by molar-refractivity contribution is 1.08. The van der Waals surface area contributed by atoms with E-state index in [1.807, 2.05) is 31.2 Å². The van der Waals surface area contributed by atoms with Crippen molar-refractivity contribution in [2.45, 2.75) is 26.3 Å². The summed E-state index contributed by atoms with van der Waals surface area (Å²) in [5, 5.41) is 21.6. The predicted octanol–water partition coefficient (Wildman–Crippen LogP) is 5.78. The van der Waals surface area contributed by atoms with Gasteiger partial charge in [-0.25, -0.2) is 9.98 Å². The lowest BCUT2D eigenvalue weighted by atomic mass is 10.1. The van der Waals surface area contributed by atoms with E-state index in [-0.39, 0.29) is 0 Å². The van der Waals surface area contributed by atoms with Crippen molar-refractivity contribution in [2.75, 3.05) is 6.54 Å². The third kappa shape index (κ3) is 5.53. The van der Waals surface area contributed by atoms with Crippen LogP contribution in [-0.2, 0) is 0 Å². The molecule has 0 bridgehead atoms. The molecule has 3 aromatic rings. The van der Waals surface area contributed by atoms with Gasteiger partial charge in [0.1, 0.15) is 0 Å². The topological polar surface area (TPSA) is 94.2 Å². The number of hydrogen-bond donors (Lipinski definition) is 1. The van der Waals surface area contributed by atoms with Crippen LogP contribution in [0, 0.1) is 22.7 Å². The van der Waals surface area contributed by atoms with Gasteiger partial charge in [0.2, 0.25) is 0 Å². The molecule has 1 N–H and O–H groups in total. The maximum absolute atomic E-state index is 9.14. The van der Waals surface area contributed by atoms with Crippen LogP contribution in [-0.4, -0.2) is 18.1 Å². The summed E-state index contributed by atoms with van der Waals surface area (Å²) in [6.45, 7) is 5.03. The van der Waals surface area contributed by atoms with Crippen molar-refractivity contribution in [1.82, 2.24) is 5.32 Å². The Morgan fingerprint density at radius 2 is 1.38 bits per heavy atom. The highest BCUT2D eigenvalue weighted by atomic mass is 15.1. The first-order valence-corrected chi connectivity index (χ1v) is 11.3. The molecule has 0 spiro atoms. The normalized spacial score (nSPS) is 16.0. The van der Waals surface area contributed by atoms with Gasteiger partial charge >= 0.3 is 0 Å². The largest absolute Gasteiger partial charge is 0.307 e. The van der Waals surface area contributed by atoms with Crippen molar-refractivity contribution in [3.05, 3.63) is 112 Å². The van der Waals surface area contributed by atoms with E-state index in [0.717, 1.165) is 41.1 Å². The highest BCUT2D eigenvalue weighted by Crippen LogP contribution is 2.24. The molecule has 1 heterocycles.